The molecule has 1 heterocycles. The number of rotatable bonds is 4. The molecule has 0 radical (unpaired) electrons. The van der Waals surface area contributed by atoms with Crippen LogP contribution in [0.1, 0.15) is 10.4 Å². The van der Waals surface area contributed by atoms with E-state index in [-0.39, 0.29) is 5.82 Å². The minimum atomic E-state index is -0.189. The third kappa shape index (κ3) is 3.40. The molecule has 16 heavy (non-hydrogen) atoms. The van der Waals surface area contributed by atoms with Gasteiger partial charge in [-0.1, -0.05) is 12.1 Å². The molecule has 0 aliphatic heterocycles. The van der Waals surface area contributed by atoms with E-state index in [0.29, 0.717) is 0 Å². The number of benzene rings is 1. The summed E-state index contributed by atoms with van der Waals surface area (Å²) >= 11 is 5.14. The van der Waals surface area contributed by atoms with Gasteiger partial charge in [0.05, 0.1) is 0 Å². The van der Waals surface area contributed by atoms with Crippen molar-refractivity contribution in [1.29, 1.82) is 0 Å². The van der Waals surface area contributed by atoms with Gasteiger partial charge in [-0.05, 0) is 39.7 Å². The molecule has 0 saturated heterocycles. The van der Waals surface area contributed by atoms with Crippen molar-refractivity contribution in [3.63, 3.8) is 0 Å². The Morgan fingerprint density at radius 1 is 1.19 bits per heavy atom. The molecule has 84 valence electrons. The second kappa shape index (κ2) is 5.57. The topological polar surface area (TPSA) is 12.0 Å². The minimum Gasteiger partial charge on any atom is -0.308 e. The van der Waals surface area contributed by atoms with Crippen molar-refractivity contribution in [2.45, 2.75) is 13.1 Å². The summed E-state index contributed by atoms with van der Waals surface area (Å²) in [5.74, 6) is -0.189. The summed E-state index contributed by atoms with van der Waals surface area (Å²) in [6.45, 7) is 1.60. The molecule has 0 amide bonds. The zero-order valence-electron chi connectivity index (χ0n) is 8.54. The van der Waals surface area contributed by atoms with Gasteiger partial charge >= 0.3 is 0 Å². The molecule has 1 nitrogen and oxygen atoms in total. The monoisotopic (exact) mass is 299 g/mol. The average molecular weight is 300 g/mol. The van der Waals surface area contributed by atoms with E-state index in [1.807, 2.05) is 0 Å². The third-order valence-corrected chi connectivity index (χ3v) is 3.86. The van der Waals surface area contributed by atoms with Gasteiger partial charge < -0.3 is 5.32 Å². The van der Waals surface area contributed by atoms with Gasteiger partial charge in [-0.3, -0.25) is 0 Å². The SMILES string of the molecule is Fc1ccc(CNCc2cc(Br)cs2)cc1. The van der Waals surface area contributed by atoms with E-state index in [2.05, 4.69) is 32.7 Å². The summed E-state index contributed by atoms with van der Waals surface area (Å²) in [6.07, 6.45) is 0. The van der Waals surface area contributed by atoms with E-state index in [1.165, 1.54) is 17.0 Å². The summed E-state index contributed by atoms with van der Waals surface area (Å²) in [5.41, 5.74) is 1.09. The molecule has 0 fully saturated rings. The van der Waals surface area contributed by atoms with E-state index in [0.717, 1.165) is 23.1 Å². The number of nitrogens with one attached hydrogen (secondary N) is 1. The molecule has 0 aliphatic carbocycles. The van der Waals surface area contributed by atoms with Crippen LogP contribution in [0, 0.1) is 5.82 Å². The van der Waals surface area contributed by atoms with Crippen molar-refractivity contribution >= 4 is 27.3 Å². The Hall–Kier alpha value is -0.710. The van der Waals surface area contributed by atoms with Crippen LogP contribution in [0.5, 0.6) is 0 Å². The maximum absolute atomic E-state index is 12.7. The molecule has 2 aromatic rings. The standard InChI is InChI=1S/C12H11BrFNS/c13-10-5-12(16-8-10)7-15-6-9-1-3-11(14)4-2-9/h1-5,8,15H,6-7H2. The van der Waals surface area contributed by atoms with E-state index in [4.69, 9.17) is 0 Å². The van der Waals surface area contributed by atoms with Crippen molar-refractivity contribution in [3.05, 3.63) is 56.4 Å². The highest BCUT2D eigenvalue weighted by Crippen LogP contribution is 2.19. The maximum atomic E-state index is 12.7. The molecule has 0 unspecified atom stereocenters. The Morgan fingerprint density at radius 2 is 1.94 bits per heavy atom. The van der Waals surface area contributed by atoms with Crippen LogP contribution in [0.2, 0.25) is 0 Å². The van der Waals surface area contributed by atoms with Gasteiger partial charge in [-0.2, -0.15) is 0 Å². The van der Waals surface area contributed by atoms with Crippen LogP contribution in [-0.2, 0) is 13.1 Å². The van der Waals surface area contributed by atoms with Crippen LogP contribution in [0.3, 0.4) is 0 Å². The normalized spacial score (nSPS) is 10.6. The van der Waals surface area contributed by atoms with E-state index in [9.17, 15) is 4.39 Å². The largest absolute Gasteiger partial charge is 0.308 e. The number of thiophene rings is 1. The minimum absolute atomic E-state index is 0.189. The predicted molar refractivity (Wildman–Crippen MR) is 69.0 cm³/mol. The van der Waals surface area contributed by atoms with Crippen molar-refractivity contribution in [1.82, 2.24) is 5.32 Å². The quantitative estimate of drug-likeness (QED) is 0.902. The molecular formula is C12H11BrFNS. The number of hydrogen-bond acceptors (Lipinski definition) is 2. The first-order chi connectivity index (χ1) is 7.74. The highest BCUT2D eigenvalue weighted by atomic mass is 79.9. The predicted octanol–water partition coefficient (Wildman–Crippen LogP) is 3.94. The third-order valence-electron chi connectivity index (χ3n) is 2.16. The van der Waals surface area contributed by atoms with Crippen LogP contribution in [0.25, 0.3) is 0 Å². The molecular weight excluding hydrogens is 289 g/mol. The van der Waals surface area contributed by atoms with Crippen molar-refractivity contribution in [2.75, 3.05) is 0 Å². The van der Waals surface area contributed by atoms with Gasteiger partial charge in [0.2, 0.25) is 0 Å². The molecule has 0 saturated carbocycles. The summed E-state index contributed by atoms with van der Waals surface area (Å²) in [4.78, 5) is 1.29. The molecule has 1 aromatic carbocycles. The van der Waals surface area contributed by atoms with Gasteiger partial charge in [0.25, 0.3) is 0 Å². The lowest BCUT2D eigenvalue weighted by Crippen LogP contribution is -2.11. The first kappa shape index (κ1) is 11.8. The maximum Gasteiger partial charge on any atom is 0.123 e. The Kier molecular flexibility index (Phi) is 4.09. The summed E-state index contributed by atoms with van der Waals surface area (Å²) in [6, 6.07) is 8.67. The molecule has 0 bridgehead atoms. The van der Waals surface area contributed by atoms with Gasteiger partial charge in [0.1, 0.15) is 5.82 Å². The zero-order valence-corrected chi connectivity index (χ0v) is 10.9. The number of hydrogen-bond donors (Lipinski definition) is 1. The van der Waals surface area contributed by atoms with Gasteiger partial charge in [-0.25, -0.2) is 4.39 Å². The highest BCUT2D eigenvalue weighted by Gasteiger charge is 1.97. The van der Waals surface area contributed by atoms with Crippen LogP contribution < -0.4 is 5.32 Å². The Balaban J connectivity index is 1.82. The van der Waals surface area contributed by atoms with E-state index in [1.54, 1.807) is 23.5 Å². The average Bonchev–Trinajstić information content (AvgIpc) is 2.67. The van der Waals surface area contributed by atoms with E-state index >= 15 is 0 Å². The lowest BCUT2D eigenvalue weighted by Gasteiger charge is -2.02. The summed E-state index contributed by atoms with van der Waals surface area (Å²) < 4.78 is 13.8. The Labute approximate surface area is 106 Å². The first-order valence-corrected chi connectivity index (χ1v) is 6.59. The molecule has 4 heteroatoms. The smallest absolute Gasteiger partial charge is 0.123 e. The number of halogens is 2. The molecule has 2 rings (SSSR count). The fourth-order valence-electron chi connectivity index (χ4n) is 1.38. The van der Waals surface area contributed by atoms with E-state index < -0.39 is 0 Å². The Morgan fingerprint density at radius 3 is 2.56 bits per heavy atom. The molecule has 0 aliphatic rings. The fourth-order valence-corrected chi connectivity index (χ4v) is 2.80. The van der Waals surface area contributed by atoms with Crippen LogP contribution >= 0.6 is 27.3 Å². The van der Waals surface area contributed by atoms with Crippen LogP contribution in [0.15, 0.2) is 40.2 Å². The summed E-state index contributed by atoms with van der Waals surface area (Å²) in [5, 5.41) is 5.38. The lowest BCUT2D eigenvalue weighted by atomic mass is 10.2. The Bertz CT molecular complexity index is 452. The lowest BCUT2D eigenvalue weighted by molar-refractivity contribution is 0.625. The summed E-state index contributed by atoms with van der Waals surface area (Å²) in [7, 11) is 0. The van der Waals surface area contributed by atoms with Crippen molar-refractivity contribution in [2.24, 2.45) is 0 Å². The van der Waals surface area contributed by atoms with Gasteiger partial charge in [-0.15, -0.1) is 11.3 Å². The van der Waals surface area contributed by atoms with Crippen molar-refractivity contribution < 1.29 is 4.39 Å². The second-order valence-corrected chi connectivity index (χ2v) is 5.37. The molecule has 1 N–H and O–H groups in total. The molecule has 0 atom stereocenters. The zero-order chi connectivity index (χ0) is 11.4. The van der Waals surface area contributed by atoms with Crippen LogP contribution in [-0.4, -0.2) is 0 Å². The molecule has 0 spiro atoms. The fraction of sp³-hybridized carbons (Fsp3) is 0.167. The van der Waals surface area contributed by atoms with Gasteiger partial charge in [0.15, 0.2) is 0 Å². The molecule has 1 aromatic heterocycles. The second-order valence-electron chi connectivity index (χ2n) is 3.46. The highest BCUT2D eigenvalue weighted by molar-refractivity contribution is 9.10. The van der Waals surface area contributed by atoms with Gasteiger partial charge in [0, 0.05) is 27.8 Å². The van der Waals surface area contributed by atoms with Crippen LogP contribution in [0.4, 0.5) is 4.39 Å². The first-order valence-electron chi connectivity index (χ1n) is 4.92. The van der Waals surface area contributed by atoms with Crippen molar-refractivity contribution in [3.8, 4) is 0 Å².